The summed E-state index contributed by atoms with van der Waals surface area (Å²) in [5.74, 6) is -1.13. The van der Waals surface area contributed by atoms with Crippen LogP contribution < -0.4 is 5.32 Å². The number of nitrogens with zero attached hydrogens (tertiary/aromatic N) is 4. The molecule has 0 aliphatic rings. The van der Waals surface area contributed by atoms with Gasteiger partial charge in [-0.1, -0.05) is 6.07 Å². The molecule has 0 saturated carbocycles. The van der Waals surface area contributed by atoms with Gasteiger partial charge in [-0.15, -0.1) is 10.2 Å². The van der Waals surface area contributed by atoms with Crippen LogP contribution in [0.5, 0.6) is 0 Å². The molecular formula is C17H13F2N5. The summed E-state index contributed by atoms with van der Waals surface area (Å²) in [5.41, 5.74) is 2.03. The zero-order valence-electron chi connectivity index (χ0n) is 12.8. The van der Waals surface area contributed by atoms with Gasteiger partial charge in [-0.25, -0.2) is 13.8 Å². The average Bonchev–Trinajstić information content (AvgIpc) is 3.00. The number of benzene rings is 1. The SMILES string of the molecule is Cc1cc(NCc2nnc3ccccn23)c2ccc(F)c(F)c2n1. The molecule has 0 aliphatic heterocycles. The van der Waals surface area contributed by atoms with Crippen LogP contribution in [-0.2, 0) is 6.54 Å². The Kier molecular flexibility index (Phi) is 3.34. The number of nitrogens with one attached hydrogen (secondary N) is 1. The van der Waals surface area contributed by atoms with Gasteiger partial charge in [0.2, 0.25) is 0 Å². The van der Waals surface area contributed by atoms with Gasteiger partial charge in [0, 0.05) is 23.0 Å². The zero-order valence-corrected chi connectivity index (χ0v) is 12.8. The fourth-order valence-electron chi connectivity index (χ4n) is 2.69. The molecule has 1 aromatic carbocycles. The Hall–Kier alpha value is -3.09. The second-order valence-corrected chi connectivity index (χ2v) is 5.47. The second kappa shape index (κ2) is 5.52. The number of halogens is 2. The summed E-state index contributed by atoms with van der Waals surface area (Å²) in [5, 5.41) is 12.0. The molecule has 4 rings (SSSR count). The predicted octanol–water partition coefficient (Wildman–Crippen LogP) is 3.48. The topological polar surface area (TPSA) is 55.1 Å². The summed E-state index contributed by atoms with van der Waals surface area (Å²) in [6, 6.07) is 10.1. The molecule has 0 bridgehead atoms. The van der Waals surface area contributed by atoms with Crippen molar-refractivity contribution >= 4 is 22.2 Å². The van der Waals surface area contributed by atoms with E-state index in [0.717, 1.165) is 17.5 Å². The number of aryl methyl sites for hydroxylation is 1. The van der Waals surface area contributed by atoms with Gasteiger partial charge in [0.25, 0.3) is 0 Å². The van der Waals surface area contributed by atoms with Crippen LogP contribution in [0.15, 0.2) is 42.6 Å². The Morgan fingerprint density at radius 1 is 1.12 bits per heavy atom. The molecule has 3 heterocycles. The lowest BCUT2D eigenvalue weighted by Gasteiger charge is -2.11. The maximum absolute atomic E-state index is 14.0. The number of fused-ring (bicyclic) bond motifs is 2. The van der Waals surface area contributed by atoms with Crippen molar-refractivity contribution in [1.29, 1.82) is 0 Å². The molecule has 0 saturated heterocycles. The minimum Gasteiger partial charge on any atom is -0.377 e. The van der Waals surface area contributed by atoms with Crippen LogP contribution in [0, 0.1) is 18.6 Å². The third-order valence-electron chi connectivity index (χ3n) is 3.82. The van der Waals surface area contributed by atoms with Gasteiger partial charge >= 0.3 is 0 Å². The van der Waals surface area contributed by atoms with E-state index in [1.54, 1.807) is 13.0 Å². The van der Waals surface area contributed by atoms with Crippen LogP contribution in [0.2, 0.25) is 0 Å². The second-order valence-electron chi connectivity index (χ2n) is 5.47. The highest BCUT2D eigenvalue weighted by molar-refractivity contribution is 5.91. The molecule has 0 fully saturated rings. The van der Waals surface area contributed by atoms with Crippen molar-refractivity contribution in [2.75, 3.05) is 5.32 Å². The van der Waals surface area contributed by atoms with Gasteiger partial charge in [0.1, 0.15) is 5.52 Å². The number of hydrogen-bond acceptors (Lipinski definition) is 4. The molecule has 3 aromatic heterocycles. The first-order chi connectivity index (χ1) is 11.6. The molecule has 4 aromatic rings. The molecule has 0 unspecified atom stereocenters. The maximum atomic E-state index is 14.0. The Morgan fingerprint density at radius 2 is 2.00 bits per heavy atom. The summed E-state index contributed by atoms with van der Waals surface area (Å²) in [7, 11) is 0. The maximum Gasteiger partial charge on any atom is 0.185 e. The van der Waals surface area contributed by atoms with Gasteiger partial charge in [-0.05, 0) is 37.3 Å². The Balaban J connectivity index is 1.73. The summed E-state index contributed by atoms with van der Waals surface area (Å²) in [4.78, 5) is 4.10. The summed E-state index contributed by atoms with van der Waals surface area (Å²) in [6.45, 7) is 2.13. The predicted molar refractivity (Wildman–Crippen MR) is 86.7 cm³/mol. The highest BCUT2D eigenvalue weighted by Gasteiger charge is 2.13. The molecule has 7 heteroatoms. The van der Waals surface area contributed by atoms with Crippen LogP contribution in [0.25, 0.3) is 16.6 Å². The van der Waals surface area contributed by atoms with Gasteiger partial charge in [0.05, 0.1) is 6.54 Å². The van der Waals surface area contributed by atoms with E-state index >= 15 is 0 Å². The number of aromatic nitrogens is 4. The van der Waals surface area contributed by atoms with Crippen LogP contribution in [-0.4, -0.2) is 19.6 Å². The molecule has 0 atom stereocenters. The molecule has 0 aliphatic carbocycles. The number of anilines is 1. The van der Waals surface area contributed by atoms with E-state index in [4.69, 9.17) is 0 Å². The first-order valence-electron chi connectivity index (χ1n) is 7.41. The molecule has 0 amide bonds. The molecule has 5 nitrogen and oxygen atoms in total. The summed E-state index contributed by atoms with van der Waals surface area (Å²) < 4.78 is 29.3. The zero-order chi connectivity index (χ0) is 16.7. The van der Waals surface area contributed by atoms with Crippen molar-refractivity contribution in [3.8, 4) is 0 Å². The van der Waals surface area contributed by atoms with Crippen LogP contribution >= 0.6 is 0 Å². The monoisotopic (exact) mass is 325 g/mol. The summed E-state index contributed by atoms with van der Waals surface area (Å²) in [6.07, 6.45) is 1.87. The normalized spacial score (nSPS) is 11.3. The van der Waals surface area contributed by atoms with Gasteiger partial charge in [-0.3, -0.25) is 4.40 Å². The number of rotatable bonds is 3. The van der Waals surface area contributed by atoms with Crippen LogP contribution in [0.4, 0.5) is 14.5 Å². The van der Waals surface area contributed by atoms with Crippen molar-refractivity contribution < 1.29 is 8.78 Å². The molecule has 120 valence electrons. The lowest BCUT2D eigenvalue weighted by molar-refractivity contribution is 0.515. The van der Waals surface area contributed by atoms with E-state index < -0.39 is 11.6 Å². The summed E-state index contributed by atoms with van der Waals surface area (Å²) >= 11 is 0. The number of hydrogen-bond donors (Lipinski definition) is 1. The quantitative estimate of drug-likeness (QED) is 0.626. The first kappa shape index (κ1) is 14.5. The Bertz CT molecular complexity index is 1060. The molecule has 24 heavy (non-hydrogen) atoms. The van der Waals surface area contributed by atoms with Gasteiger partial charge < -0.3 is 5.32 Å². The smallest absolute Gasteiger partial charge is 0.185 e. The Labute approximate surface area is 136 Å². The molecule has 1 N–H and O–H groups in total. The molecular weight excluding hydrogens is 312 g/mol. The van der Waals surface area contributed by atoms with E-state index in [2.05, 4.69) is 20.5 Å². The Morgan fingerprint density at radius 3 is 2.88 bits per heavy atom. The lowest BCUT2D eigenvalue weighted by Crippen LogP contribution is -2.06. The molecule has 0 radical (unpaired) electrons. The van der Waals surface area contributed by atoms with Gasteiger partial charge in [-0.2, -0.15) is 0 Å². The van der Waals surface area contributed by atoms with Crippen LogP contribution in [0.1, 0.15) is 11.5 Å². The standard InChI is InChI=1S/C17H13F2N5/c1-10-8-13(11-5-6-12(18)16(19)17(11)21-10)20-9-15-23-22-14-4-2-3-7-24(14)15/h2-8H,9H2,1H3,(H,20,21). The third-order valence-corrected chi connectivity index (χ3v) is 3.82. The highest BCUT2D eigenvalue weighted by Crippen LogP contribution is 2.27. The van der Waals surface area contributed by atoms with E-state index in [1.165, 1.54) is 6.07 Å². The van der Waals surface area contributed by atoms with Crippen molar-refractivity contribution in [3.05, 3.63) is 65.7 Å². The van der Waals surface area contributed by atoms with Crippen molar-refractivity contribution in [2.24, 2.45) is 0 Å². The van der Waals surface area contributed by atoms with E-state index in [0.29, 0.717) is 23.3 Å². The number of pyridine rings is 2. The first-order valence-corrected chi connectivity index (χ1v) is 7.41. The van der Waals surface area contributed by atoms with Gasteiger partial charge in [0.15, 0.2) is 23.1 Å². The van der Waals surface area contributed by atoms with E-state index in [1.807, 2.05) is 28.8 Å². The largest absolute Gasteiger partial charge is 0.377 e. The van der Waals surface area contributed by atoms with Crippen molar-refractivity contribution in [1.82, 2.24) is 19.6 Å². The third kappa shape index (κ3) is 2.34. The minimum atomic E-state index is -0.938. The fraction of sp³-hybridized carbons (Fsp3) is 0.118. The lowest BCUT2D eigenvalue weighted by atomic mass is 10.1. The molecule has 0 spiro atoms. The van der Waals surface area contributed by atoms with E-state index in [9.17, 15) is 8.78 Å². The van der Waals surface area contributed by atoms with E-state index in [-0.39, 0.29) is 5.52 Å². The fourth-order valence-corrected chi connectivity index (χ4v) is 2.69. The average molecular weight is 325 g/mol. The highest BCUT2D eigenvalue weighted by atomic mass is 19.2. The van der Waals surface area contributed by atoms with Crippen molar-refractivity contribution in [3.63, 3.8) is 0 Å². The van der Waals surface area contributed by atoms with Crippen LogP contribution in [0.3, 0.4) is 0 Å². The minimum absolute atomic E-state index is 0.0172. The van der Waals surface area contributed by atoms with Crippen molar-refractivity contribution in [2.45, 2.75) is 13.5 Å².